The maximum Gasteiger partial charge on any atom is 0.00392 e. The van der Waals surface area contributed by atoms with E-state index in [1.54, 1.807) is 30.3 Å². The van der Waals surface area contributed by atoms with Crippen LogP contribution < -0.4 is 5.11 Å². The molecule has 0 saturated carbocycles. The summed E-state index contributed by atoms with van der Waals surface area (Å²) in [6.07, 6.45) is -1.59. The Balaban J connectivity index is 2.85. The minimum absolute atomic E-state index is 0.414. The van der Waals surface area contributed by atoms with Crippen molar-refractivity contribution in [1.29, 1.82) is 0 Å². The first-order valence-corrected chi connectivity index (χ1v) is 2.69. The highest BCUT2D eigenvalue weighted by molar-refractivity contribution is 5.14. The molecule has 1 N–H and O–H groups in total. The molecule has 1 rings (SSSR count). The van der Waals surface area contributed by atoms with Crippen molar-refractivity contribution < 1.29 is 10.2 Å². The molecule has 0 aliphatic rings. The third-order valence-electron chi connectivity index (χ3n) is 1.08. The Morgan fingerprint density at radius 3 is 2.11 bits per heavy atom. The summed E-state index contributed by atoms with van der Waals surface area (Å²) in [6.45, 7) is 0. The van der Waals surface area contributed by atoms with Crippen molar-refractivity contribution in [2.75, 3.05) is 0 Å². The molecule has 9 heavy (non-hydrogen) atoms. The van der Waals surface area contributed by atoms with E-state index < -0.39 is 6.29 Å². The van der Waals surface area contributed by atoms with Gasteiger partial charge >= 0.3 is 0 Å². The molecule has 1 aromatic rings. The first-order valence-electron chi connectivity index (χ1n) is 2.69. The van der Waals surface area contributed by atoms with E-state index >= 15 is 0 Å². The number of aliphatic hydroxyl groups is 1. The summed E-state index contributed by atoms with van der Waals surface area (Å²) in [5, 5.41) is 18.8. The van der Waals surface area contributed by atoms with Gasteiger partial charge in [-0.05, 0) is 5.56 Å². The van der Waals surface area contributed by atoms with Gasteiger partial charge in [-0.3, -0.25) is 0 Å². The van der Waals surface area contributed by atoms with Gasteiger partial charge in [0.25, 0.3) is 0 Å². The molecule has 2 nitrogen and oxygen atoms in total. The number of hydrogen-bond acceptors (Lipinski definition) is 2. The molecule has 0 heterocycles. The van der Waals surface area contributed by atoms with Crippen LogP contribution >= 0.6 is 0 Å². The van der Waals surface area contributed by atoms with E-state index in [9.17, 15) is 5.11 Å². The predicted molar refractivity (Wildman–Crippen MR) is 31.4 cm³/mol. The molecule has 0 aliphatic heterocycles. The first-order chi connectivity index (χ1) is 4.30. The van der Waals surface area contributed by atoms with Crippen molar-refractivity contribution in [1.82, 2.24) is 0 Å². The predicted octanol–water partition coefficient (Wildman–Crippen LogP) is 0.0378. The maximum absolute atomic E-state index is 10.3. The second-order valence-electron chi connectivity index (χ2n) is 1.76. The zero-order valence-electron chi connectivity index (χ0n) is 4.82. The largest absolute Gasteiger partial charge is 0.828 e. The Labute approximate surface area is 53.4 Å². The quantitative estimate of drug-likeness (QED) is 0.536. The Bertz CT molecular complexity index is 170. The van der Waals surface area contributed by atoms with Crippen LogP contribution in [0.2, 0.25) is 0 Å². The molecule has 1 aromatic carbocycles. The molecule has 0 saturated heterocycles. The first kappa shape index (κ1) is 6.26. The van der Waals surface area contributed by atoms with Crippen molar-refractivity contribution in [3.8, 4) is 0 Å². The van der Waals surface area contributed by atoms with Gasteiger partial charge in [-0.2, -0.15) is 0 Å². The van der Waals surface area contributed by atoms with Gasteiger partial charge in [-0.15, -0.1) is 0 Å². The van der Waals surface area contributed by atoms with Crippen LogP contribution in [-0.2, 0) is 0 Å². The minimum atomic E-state index is -1.59. The zero-order chi connectivity index (χ0) is 6.69. The summed E-state index contributed by atoms with van der Waals surface area (Å²) in [5.41, 5.74) is 0.414. The van der Waals surface area contributed by atoms with Gasteiger partial charge in [-0.25, -0.2) is 0 Å². The van der Waals surface area contributed by atoms with Crippen molar-refractivity contribution in [3.05, 3.63) is 35.9 Å². The van der Waals surface area contributed by atoms with E-state index in [0.717, 1.165) is 0 Å². The van der Waals surface area contributed by atoms with E-state index in [4.69, 9.17) is 5.11 Å². The molecular formula is C7H7O2-. The van der Waals surface area contributed by atoms with Crippen LogP contribution in [0.3, 0.4) is 0 Å². The Morgan fingerprint density at radius 2 is 1.78 bits per heavy atom. The lowest BCUT2D eigenvalue weighted by Gasteiger charge is -2.13. The van der Waals surface area contributed by atoms with Crippen LogP contribution in [0.25, 0.3) is 0 Å². The van der Waals surface area contributed by atoms with E-state index in [2.05, 4.69) is 0 Å². The standard InChI is InChI=1S/C7H7O2/c8-7(9)6-4-2-1-3-5-6/h1-5,7-8H/q-1. The van der Waals surface area contributed by atoms with Gasteiger partial charge in [0.1, 0.15) is 0 Å². The summed E-state index contributed by atoms with van der Waals surface area (Å²) in [6, 6.07) is 8.42. The van der Waals surface area contributed by atoms with Crippen LogP contribution in [0.4, 0.5) is 0 Å². The van der Waals surface area contributed by atoms with E-state index in [-0.39, 0.29) is 0 Å². The van der Waals surface area contributed by atoms with Crippen LogP contribution in [0.15, 0.2) is 30.3 Å². The summed E-state index contributed by atoms with van der Waals surface area (Å²) >= 11 is 0. The van der Waals surface area contributed by atoms with Gasteiger partial charge in [0.05, 0.1) is 0 Å². The molecule has 1 unspecified atom stereocenters. The second-order valence-corrected chi connectivity index (χ2v) is 1.76. The lowest BCUT2D eigenvalue weighted by Crippen LogP contribution is -2.13. The summed E-state index contributed by atoms with van der Waals surface area (Å²) in [7, 11) is 0. The van der Waals surface area contributed by atoms with Crippen molar-refractivity contribution in [2.45, 2.75) is 6.29 Å². The van der Waals surface area contributed by atoms with Crippen molar-refractivity contribution >= 4 is 0 Å². The highest BCUT2D eigenvalue weighted by Gasteiger charge is 1.87. The third-order valence-corrected chi connectivity index (χ3v) is 1.08. The second kappa shape index (κ2) is 2.62. The zero-order valence-corrected chi connectivity index (χ0v) is 4.82. The molecule has 0 aliphatic carbocycles. The van der Waals surface area contributed by atoms with Crippen LogP contribution in [0.5, 0.6) is 0 Å². The van der Waals surface area contributed by atoms with E-state index in [1.165, 1.54) is 0 Å². The Kier molecular flexibility index (Phi) is 1.82. The molecule has 0 fully saturated rings. The fraction of sp³-hybridized carbons (Fsp3) is 0.143. The summed E-state index contributed by atoms with van der Waals surface area (Å²) < 4.78 is 0. The van der Waals surface area contributed by atoms with E-state index in [1.807, 2.05) is 0 Å². The average Bonchev–Trinajstić information content (AvgIpc) is 1.90. The lowest BCUT2D eigenvalue weighted by molar-refractivity contribution is -0.490. The smallest absolute Gasteiger partial charge is 0.00392 e. The Morgan fingerprint density at radius 1 is 1.22 bits per heavy atom. The lowest BCUT2D eigenvalue weighted by atomic mass is 10.2. The number of aliphatic hydroxyl groups excluding tert-OH is 1. The maximum atomic E-state index is 10.3. The van der Waals surface area contributed by atoms with Crippen LogP contribution in [0, 0.1) is 0 Å². The van der Waals surface area contributed by atoms with Crippen molar-refractivity contribution in [2.24, 2.45) is 0 Å². The highest BCUT2D eigenvalue weighted by Crippen LogP contribution is 2.03. The van der Waals surface area contributed by atoms with Gasteiger partial charge in [0, 0.05) is 6.29 Å². The number of rotatable bonds is 1. The topological polar surface area (TPSA) is 43.3 Å². The number of benzene rings is 1. The highest BCUT2D eigenvalue weighted by atomic mass is 16.5. The van der Waals surface area contributed by atoms with Gasteiger partial charge in [0.2, 0.25) is 0 Å². The summed E-state index contributed by atoms with van der Waals surface area (Å²) in [4.78, 5) is 0. The molecule has 48 valence electrons. The average molecular weight is 123 g/mol. The fourth-order valence-corrected chi connectivity index (χ4v) is 0.618. The molecule has 2 heteroatoms. The molecule has 0 spiro atoms. The Hall–Kier alpha value is -0.860. The molecule has 0 bridgehead atoms. The molecular weight excluding hydrogens is 116 g/mol. The SMILES string of the molecule is [O-]C(O)c1ccccc1. The fourth-order valence-electron chi connectivity index (χ4n) is 0.618. The molecule has 0 amide bonds. The third kappa shape index (κ3) is 1.52. The normalized spacial score (nSPS) is 13.1. The molecule has 0 radical (unpaired) electrons. The summed E-state index contributed by atoms with van der Waals surface area (Å²) in [5.74, 6) is 0. The molecule has 1 atom stereocenters. The number of hydrogen-bond donors (Lipinski definition) is 1. The van der Waals surface area contributed by atoms with Gasteiger partial charge < -0.3 is 10.2 Å². The van der Waals surface area contributed by atoms with Gasteiger partial charge in [0.15, 0.2) is 0 Å². The molecule has 0 aromatic heterocycles. The van der Waals surface area contributed by atoms with Crippen LogP contribution in [0.1, 0.15) is 11.9 Å². The van der Waals surface area contributed by atoms with Crippen LogP contribution in [-0.4, -0.2) is 5.11 Å². The minimum Gasteiger partial charge on any atom is -0.828 e. The van der Waals surface area contributed by atoms with Crippen molar-refractivity contribution in [3.63, 3.8) is 0 Å². The monoisotopic (exact) mass is 123 g/mol. The van der Waals surface area contributed by atoms with Gasteiger partial charge in [-0.1, -0.05) is 30.3 Å². The van der Waals surface area contributed by atoms with E-state index in [0.29, 0.717) is 5.56 Å².